The smallest absolute Gasteiger partial charge is 0.335 e. The van der Waals surface area contributed by atoms with Gasteiger partial charge in [0.2, 0.25) is 0 Å². The largest absolute Gasteiger partial charge is 0.478 e. The Morgan fingerprint density at radius 3 is 1.96 bits per heavy atom. The first kappa shape index (κ1) is 17.6. The van der Waals surface area contributed by atoms with Crippen molar-refractivity contribution in [1.29, 1.82) is 0 Å². The molecule has 0 radical (unpaired) electrons. The Bertz CT molecular complexity index is 862. The lowest BCUT2D eigenvalue weighted by Crippen LogP contribution is -1.95. The van der Waals surface area contributed by atoms with Gasteiger partial charge in [-0.2, -0.15) is 0 Å². The van der Waals surface area contributed by atoms with Gasteiger partial charge in [0.15, 0.2) is 0 Å². The predicted molar refractivity (Wildman–Crippen MR) is 94.0 cm³/mol. The van der Waals surface area contributed by atoms with E-state index in [1.165, 1.54) is 6.07 Å². The van der Waals surface area contributed by atoms with Gasteiger partial charge in [-0.25, -0.2) is 9.18 Å². The minimum Gasteiger partial charge on any atom is -0.478 e. The Morgan fingerprint density at radius 1 is 0.958 bits per heavy atom. The van der Waals surface area contributed by atoms with Crippen molar-refractivity contribution >= 4 is 18.4 Å². The zero-order valence-electron chi connectivity index (χ0n) is 12.9. The molecule has 0 fully saturated rings. The lowest BCUT2D eigenvalue weighted by atomic mass is 10.0. The molecule has 3 rings (SSSR count). The maximum Gasteiger partial charge on any atom is 0.335 e. The number of hydrogen-bond donors (Lipinski definition) is 1. The monoisotopic (exact) mass is 343 g/mol. The van der Waals surface area contributed by atoms with Crippen LogP contribution in [0.5, 0.6) is 0 Å². The molecule has 0 amide bonds. The highest BCUT2D eigenvalue weighted by Gasteiger charge is 2.08. The van der Waals surface area contributed by atoms with Crippen molar-refractivity contribution in [3.05, 3.63) is 77.7 Å². The topological polar surface area (TPSA) is 50.2 Å². The van der Waals surface area contributed by atoms with E-state index in [-0.39, 0.29) is 23.8 Å². The molecule has 1 aromatic heterocycles. The van der Waals surface area contributed by atoms with Gasteiger partial charge in [0, 0.05) is 11.8 Å². The highest BCUT2D eigenvalue weighted by Crippen LogP contribution is 2.25. The fourth-order valence-electron chi connectivity index (χ4n) is 2.37. The summed E-state index contributed by atoms with van der Waals surface area (Å²) in [6.45, 7) is 1.80. The zero-order chi connectivity index (χ0) is 16.4. The second-order valence-electron chi connectivity index (χ2n) is 5.30. The average molecular weight is 344 g/mol. The number of aromatic carboxylic acids is 1. The normalized spacial score (nSPS) is 10.1. The van der Waals surface area contributed by atoms with E-state index < -0.39 is 5.97 Å². The van der Waals surface area contributed by atoms with E-state index in [0.29, 0.717) is 11.3 Å². The number of pyridine rings is 1. The Balaban J connectivity index is 0.00000208. The van der Waals surface area contributed by atoms with Crippen molar-refractivity contribution in [3.63, 3.8) is 0 Å². The Hall–Kier alpha value is -2.72. The number of halogens is 2. The lowest BCUT2D eigenvalue weighted by Gasteiger charge is -2.06. The second kappa shape index (κ2) is 7.23. The first-order chi connectivity index (χ1) is 11.0. The van der Waals surface area contributed by atoms with Crippen LogP contribution in [0.3, 0.4) is 0 Å². The SMILES string of the molecule is Cc1cnc(-c2ccc(-c3ccc(C(=O)O)cc3)cc2)c(F)c1.Cl. The standard InChI is InChI=1S/C19H14FNO2.ClH/c1-12-10-17(20)18(21-11-12)15-6-2-13(3-7-15)14-4-8-16(9-5-14)19(22)23;/h2-11H,1H3,(H,22,23);1H. The van der Waals surface area contributed by atoms with Crippen molar-refractivity contribution in [1.82, 2.24) is 4.98 Å². The molecule has 122 valence electrons. The molecule has 0 spiro atoms. The molecule has 2 aromatic carbocycles. The Kier molecular flexibility index (Phi) is 5.31. The van der Waals surface area contributed by atoms with Crippen molar-refractivity contribution < 1.29 is 14.3 Å². The lowest BCUT2D eigenvalue weighted by molar-refractivity contribution is 0.0697. The molecule has 1 heterocycles. The maximum atomic E-state index is 14.0. The van der Waals surface area contributed by atoms with Crippen LogP contribution in [0.1, 0.15) is 15.9 Å². The minimum absolute atomic E-state index is 0. The first-order valence-electron chi connectivity index (χ1n) is 7.11. The molecule has 3 aromatic rings. The number of carboxylic acid groups (broad SMARTS) is 1. The van der Waals surface area contributed by atoms with Crippen LogP contribution in [-0.2, 0) is 0 Å². The van der Waals surface area contributed by atoms with Crippen molar-refractivity contribution in [2.75, 3.05) is 0 Å². The number of aromatic nitrogens is 1. The van der Waals surface area contributed by atoms with Gasteiger partial charge in [-0.3, -0.25) is 4.98 Å². The first-order valence-corrected chi connectivity index (χ1v) is 7.11. The van der Waals surface area contributed by atoms with Crippen molar-refractivity contribution in [2.24, 2.45) is 0 Å². The molecule has 0 aliphatic carbocycles. The number of carbonyl (C=O) groups is 1. The van der Waals surface area contributed by atoms with Crippen LogP contribution < -0.4 is 0 Å². The van der Waals surface area contributed by atoms with Crippen LogP contribution in [0, 0.1) is 12.7 Å². The van der Waals surface area contributed by atoms with E-state index in [0.717, 1.165) is 16.7 Å². The quantitative estimate of drug-likeness (QED) is 0.729. The van der Waals surface area contributed by atoms with Crippen molar-refractivity contribution in [3.8, 4) is 22.4 Å². The van der Waals surface area contributed by atoms with E-state index in [2.05, 4.69) is 4.98 Å². The summed E-state index contributed by atoms with van der Waals surface area (Å²) in [5.41, 5.74) is 3.88. The van der Waals surface area contributed by atoms with Gasteiger partial charge in [0.25, 0.3) is 0 Å². The van der Waals surface area contributed by atoms with Crippen LogP contribution >= 0.6 is 12.4 Å². The molecule has 0 saturated carbocycles. The average Bonchev–Trinajstić information content (AvgIpc) is 2.55. The number of carboxylic acids is 1. The molecular formula is C19H15ClFNO2. The number of nitrogens with zero attached hydrogens (tertiary/aromatic N) is 1. The zero-order valence-corrected chi connectivity index (χ0v) is 13.7. The van der Waals surface area contributed by atoms with Gasteiger partial charge < -0.3 is 5.11 Å². The second-order valence-corrected chi connectivity index (χ2v) is 5.30. The maximum absolute atomic E-state index is 14.0. The summed E-state index contributed by atoms with van der Waals surface area (Å²) < 4.78 is 14.0. The summed E-state index contributed by atoms with van der Waals surface area (Å²) in [7, 11) is 0. The summed E-state index contributed by atoms with van der Waals surface area (Å²) in [5.74, 6) is -1.30. The molecule has 0 aliphatic heterocycles. The third-order valence-electron chi connectivity index (χ3n) is 3.60. The van der Waals surface area contributed by atoms with E-state index in [1.807, 2.05) is 12.1 Å². The molecule has 1 N–H and O–H groups in total. The molecule has 0 bridgehead atoms. The Morgan fingerprint density at radius 2 is 1.46 bits per heavy atom. The number of aryl methyl sites for hydroxylation is 1. The minimum atomic E-state index is -0.951. The molecule has 3 nitrogen and oxygen atoms in total. The van der Waals surface area contributed by atoms with Gasteiger partial charge in [-0.05, 0) is 41.8 Å². The molecule has 0 unspecified atom stereocenters. The van der Waals surface area contributed by atoms with Gasteiger partial charge in [0.05, 0.1) is 5.56 Å². The highest BCUT2D eigenvalue weighted by molar-refractivity contribution is 5.88. The van der Waals surface area contributed by atoms with Crippen LogP contribution in [0.4, 0.5) is 4.39 Å². The molecule has 24 heavy (non-hydrogen) atoms. The molecule has 5 heteroatoms. The van der Waals surface area contributed by atoms with Crippen LogP contribution in [0.2, 0.25) is 0 Å². The van der Waals surface area contributed by atoms with Crippen LogP contribution in [-0.4, -0.2) is 16.1 Å². The van der Waals surface area contributed by atoms with Gasteiger partial charge in [-0.15, -0.1) is 12.4 Å². The summed E-state index contributed by atoms with van der Waals surface area (Å²) in [6.07, 6.45) is 1.64. The van der Waals surface area contributed by atoms with Crippen LogP contribution in [0.25, 0.3) is 22.4 Å². The summed E-state index contributed by atoms with van der Waals surface area (Å²) >= 11 is 0. The summed E-state index contributed by atoms with van der Waals surface area (Å²) in [6, 6.07) is 15.4. The van der Waals surface area contributed by atoms with E-state index in [4.69, 9.17) is 5.11 Å². The summed E-state index contributed by atoms with van der Waals surface area (Å²) in [4.78, 5) is 15.0. The highest BCUT2D eigenvalue weighted by atomic mass is 35.5. The fourth-order valence-corrected chi connectivity index (χ4v) is 2.37. The molecule has 0 saturated heterocycles. The van der Waals surface area contributed by atoms with Gasteiger partial charge in [0.1, 0.15) is 11.5 Å². The number of hydrogen-bond acceptors (Lipinski definition) is 2. The van der Waals surface area contributed by atoms with E-state index in [9.17, 15) is 9.18 Å². The molecular weight excluding hydrogens is 329 g/mol. The van der Waals surface area contributed by atoms with Crippen molar-refractivity contribution in [2.45, 2.75) is 6.92 Å². The third-order valence-corrected chi connectivity index (χ3v) is 3.60. The third kappa shape index (κ3) is 3.60. The molecule has 0 aliphatic rings. The van der Waals surface area contributed by atoms with E-state index >= 15 is 0 Å². The number of benzene rings is 2. The van der Waals surface area contributed by atoms with Gasteiger partial charge >= 0.3 is 5.97 Å². The van der Waals surface area contributed by atoms with Crippen LogP contribution in [0.15, 0.2) is 60.8 Å². The van der Waals surface area contributed by atoms with Gasteiger partial charge in [-0.1, -0.05) is 36.4 Å². The summed E-state index contributed by atoms with van der Waals surface area (Å²) in [5, 5.41) is 8.91. The number of rotatable bonds is 3. The molecule has 0 atom stereocenters. The van der Waals surface area contributed by atoms with E-state index in [1.54, 1.807) is 49.5 Å². The Labute approximate surface area is 145 Å². The fraction of sp³-hybridized carbons (Fsp3) is 0.0526. The predicted octanol–water partition coefficient (Wildman–Crippen LogP) is 4.98.